The van der Waals surface area contributed by atoms with Gasteiger partial charge in [0.1, 0.15) is 11.6 Å². The zero-order chi connectivity index (χ0) is 23.7. The molecule has 1 fully saturated rings. The Morgan fingerprint density at radius 1 is 1.15 bits per heavy atom. The molecule has 0 aliphatic heterocycles. The van der Waals surface area contributed by atoms with Crippen LogP contribution >= 0.6 is 0 Å². The third-order valence-electron chi connectivity index (χ3n) is 6.65. The Morgan fingerprint density at radius 3 is 2.74 bits per heavy atom. The van der Waals surface area contributed by atoms with Gasteiger partial charge in [-0.3, -0.25) is 0 Å². The molecule has 2 aromatic carbocycles. The molecule has 0 amide bonds. The first-order valence-electron chi connectivity index (χ1n) is 12.0. The summed E-state index contributed by atoms with van der Waals surface area (Å²) in [7, 11) is 0. The fraction of sp³-hybridized carbons (Fsp3) is 0.286. The van der Waals surface area contributed by atoms with Crippen LogP contribution in [-0.2, 0) is 6.42 Å². The molecule has 2 aromatic heterocycles. The van der Waals surface area contributed by atoms with E-state index in [1.807, 2.05) is 17.5 Å². The average molecular weight is 454 g/mol. The van der Waals surface area contributed by atoms with Crippen molar-refractivity contribution in [2.45, 2.75) is 52.0 Å². The van der Waals surface area contributed by atoms with E-state index in [1.54, 1.807) is 18.3 Å². The van der Waals surface area contributed by atoms with Gasteiger partial charge in [0.2, 0.25) is 0 Å². The van der Waals surface area contributed by atoms with Gasteiger partial charge in [-0.15, -0.1) is 0 Å². The Balaban J connectivity index is 1.63. The molecule has 4 aromatic rings. The summed E-state index contributed by atoms with van der Waals surface area (Å²) in [6, 6.07) is 16.3. The second kappa shape index (κ2) is 9.21. The minimum atomic E-state index is 0.234. The summed E-state index contributed by atoms with van der Waals surface area (Å²) in [6.45, 7) is 4.14. The summed E-state index contributed by atoms with van der Waals surface area (Å²) in [6.07, 6.45) is 9.39. The number of anilines is 1. The Labute approximate surface area is 200 Å². The fourth-order valence-electron chi connectivity index (χ4n) is 4.81. The predicted molar refractivity (Wildman–Crippen MR) is 139 cm³/mol. The quantitative estimate of drug-likeness (QED) is 0.248. The molecule has 1 aliphatic carbocycles. The number of nitrogens with one attached hydrogen (secondary N) is 1. The predicted octanol–water partition coefficient (Wildman–Crippen LogP) is 5.97. The normalized spacial score (nSPS) is 14.7. The number of aromatic hydroxyl groups is 1. The number of phenols is 1. The number of aromatic nitrogens is 2. The zero-order valence-corrected chi connectivity index (χ0v) is 19.8. The molecule has 5 rings (SSSR count). The van der Waals surface area contributed by atoms with Gasteiger partial charge in [0, 0.05) is 17.8 Å². The smallest absolute Gasteiger partial charge is 0.135 e. The third kappa shape index (κ3) is 4.36. The van der Waals surface area contributed by atoms with Crippen molar-refractivity contribution in [1.29, 1.82) is 0 Å². The number of aliphatic imine (C=N–C) groups is 1. The van der Waals surface area contributed by atoms with Gasteiger partial charge >= 0.3 is 0 Å². The zero-order valence-electron chi connectivity index (χ0n) is 19.8. The molecule has 0 spiro atoms. The van der Waals surface area contributed by atoms with Crippen molar-refractivity contribution in [2.24, 2.45) is 10.7 Å². The van der Waals surface area contributed by atoms with Crippen LogP contribution in [0.4, 0.5) is 11.4 Å². The topological polar surface area (TPSA) is 87.9 Å². The number of hydrogen-bond acceptors (Lipinski definition) is 4. The molecule has 6 nitrogen and oxygen atoms in total. The van der Waals surface area contributed by atoms with Crippen LogP contribution in [0.3, 0.4) is 0 Å². The van der Waals surface area contributed by atoms with Gasteiger partial charge in [-0.2, -0.15) is 5.10 Å². The van der Waals surface area contributed by atoms with Crippen molar-refractivity contribution in [3.8, 4) is 16.9 Å². The van der Waals surface area contributed by atoms with Crippen LogP contribution < -0.4 is 11.1 Å². The first kappa shape index (κ1) is 22.0. The Morgan fingerprint density at radius 2 is 1.97 bits per heavy atom. The van der Waals surface area contributed by atoms with E-state index in [2.05, 4.69) is 53.9 Å². The lowest BCUT2D eigenvalue weighted by atomic mass is 10.1. The Kier molecular flexibility index (Phi) is 5.97. The molecule has 0 unspecified atom stereocenters. The fourth-order valence-corrected chi connectivity index (χ4v) is 4.81. The second-order valence-electron chi connectivity index (χ2n) is 9.15. The Hall–Kier alpha value is -3.80. The van der Waals surface area contributed by atoms with Crippen molar-refractivity contribution < 1.29 is 5.11 Å². The molecule has 174 valence electrons. The summed E-state index contributed by atoms with van der Waals surface area (Å²) < 4.78 is 1.92. The van der Waals surface area contributed by atoms with Gasteiger partial charge in [0.15, 0.2) is 0 Å². The maximum Gasteiger partial charge on any atom is 0.135 e. The average Bonchev–Trinajstić information content (AvgIpc) is 3.50. The molecular weight excluding hydrogens is 422 g/mol. The summed E-state index contributed by atoms with van der Waals surface area (Å²) in [4.78, 5) is 4.75. The lowest BCUT2D eigenvalue weighted by Crippen LogP contribution is -2.22. The maximum atomic E-state index is 9.85. The number of fused-ring (bicyclic) bond motifs is 1. The van der Waals surface area contributed by atoms with Crippen LogP contribution in [0.2, 0.25) is 0 Å². The van der Waals surface area contributed by atoms with Crippen LogP contribution in [0, 0.1) is 6.92 Å². The summed E-state index contributed by atoms with van der Waals surface area (Å²) >= 11 is 0. The SMILES string of the molecule is CCc1cc(O)ccc1/N=C(\N)c1cnn2cc(-c3cccc(C)c3)cc2c1NC1CCCC1. The molecule has 34 heavy (non-hydrogen) atoms. The molecule has 0 bridgehead atoms. The van der Waals surface area contributed by atoms with E-state index in [4.69, 9.17) is 10.7 Å². The van der Waals surface area contributed by atoms with Crippen LogP contribution in [-0.4, -0.2) is 26.6 Å². The summed E-state index contributed by atoms with van der Waals surface area (Å²) in [5.74, 6) is 0.645. The molecule has 6 heteroatoms. The highest BCUT2D eigenvalue weighted by Gasteiger charge is 2.21. The third-order valence-corrected chi connectivity index (χ3v) is 6.65. The Bertz CT molecular complexity index is 1360. The summed E-state index contributed by atoms with van der Waals surface area (Å²) in [5, 5.41) is 18.3. The molecule has 1 saturated carbocycles. The number of benzene rings is 2. The molecule has 0 saturated heterocycles. The number of phenolic OH excluding ortho intramolecular Hbond substituents is 1. The lowest BCUT2D eigenvalue weighted by molar-refractivity contribution is 0.474. The first-order chi connectivity index (χ1) is 16.5. The molecule has 1 aliphatic rings. The van der Waals surface area contributed by atoms with Crippen LogP contribution in [0.1, 0.15) is 49.3 Å². The summed E-state index contributed by atoms with van der Waals surface area (Å²) in [5.41, 5.74) is 14.6. The van der Waals surface area contributed by atoms with Gasteiger partial charge < -0.3 is 16.2 Å². The minimum Gasteiger partial charge on any atom is -0.508 e. The van der Waals surface area contributed by atoms with Gasteiger partial charge in [-0.1, -0.05) is 49.6 Å². The maximum absolute atomic E-state index is 9.85. The van der Waals surface area contributed by atoms with E-state index < -0.39 is 0 Å². The second-order valence-corrected chi connectivity index (χ2v) is 9.15. The number of amidine groups is 1. The van der Waals surface area contributed by atoms with Crippen LogP contribution in [0.25, 0.3) is 16.6 Å². The highest BCUT2D eigenvalue weighted by Crippen LogP contribution is 2.32. The lowest BCUT2D eigenvalue weighted by Gasteiger charge is -2.18. The van der Waals surface area contributed by atoms with Crippen molar-refractivity contribution in [1.82, 2.24) is 9.61 Å². The van der Waals surface area contributed by atoms with Crippen molar-refractivity contribution in [3.63, 3.8) is 0 Å². The van der Waals surface area contributed by atoms with E-state index in [-0.39, 0.29) is 5.75 Å². The van der Waals surface area contributed by atoms with E-state index in [0.29, 0.717) is 11.9 Å². The van der Waals surface area contributed by atoms with Gasteiger partial charge in [-0.05, 0) is 61.6 Å². The van der Waals surface area contributed by atoms with Crippen LogP contribution in [0.15, 0.2) is 65.9 Å². The van der Waals surface area contributed by atoms with E-state index in [9.17, 15) is 5.11 Å². The van der Waals surface area contributed by atoms with Crippen molar-refractivity contribution in [3.05, 3.63) is 77.6 Å². The molecule has 4 N–H and O–H groups in total. The van der Waals surface area contributed by atoms with Gasteiger partial charge in [0.25, 0.3) is 0 Å². The van der Waals surface area contributed by atoms with E-state index in [1.165, 1.54) is 18.4 Å². The highest BCUT2D eigenvalue weighted by atomic mass is 16.3. The highest BCUT2D eigenvalue weighted by molar-refractivity contribution is 6.06. The van der Waals surface area contributed by atoms with Gasteiger partial charge in [0.05, 0.1) is 28.7 Å². The standard InChI is InChI=1S/C28H31N5O/c1-3-19-14-23(34)11-12-25(19)32-28(29)24-16-30-33-17-21(20-8-6-7-18(2)13-20)15-26(33)27(24)31-22-9-4-5-10-22/h6-8,11-17,22,31,34H,3-5,9-10H2,1-2H3,(H2,29,32). The molecule has 0 atom stereocenters. The van der Waals surface area contributed by atoms with Gasteiger partial charge in [-0.25, -0.2) is 9.51 Å². The van der Waals surface area contributed by atoms with E-state index >= 15 is 0 Å². The van der Waals surface area contributed by atoms with Crippen molar-refractivity contribution >= 4 is 22.7 Å². The minimum absolute atomic E-state index is 0.234. The number of aryl methyl sites for hydroxylation is 2. The monoisotopic (exact) mass is 453 g/mol. The molecule has 0 radical (unpaired) electrons. The largest absolute Gasteiger partial charge is 0.508 e. The van der Waals surface area contributed by atoms with Crippen LogP contribution in [0.5, 0.6) is 5.75 Å². The number of hydrogen-bond donors (Lipinski definition) is 3. The number of nitrogens with two attached hydrogens (primary N) is 1. The first-order valence-corrected chi connectivity index (χ1v) is 12.0. The molecule has 2 heterocycles. The van der Waals surface area contributed by atoms with Crippen molar-refractivity contribution in [2.75, 3.05) is 5.32 Å². The number of rotatable bonds is 6. The van der Waals surface area contributed by atoms with E-state index in [0.717, 1.165) is 58.4 Å². The number of nitrogens with zero attached hydrogens (tertiary/aromatic N) is 3. The molecular formula is C28H31N5O.